The third-order valence-corrected chi connectivity index (χ3v) is 6.21. The summed E-state index contributed by atoms with van der Waals surface area (Å²) < 4.78 is 16.9. The van der Waals surface area contributed by atoms with Crippen molar-refractivity contribution in [2.75, 3.05) is 0 Å². The summed E-state index contributed by atoms with van der Waals surface area (Å²) in [5.74, 6) is 1.18. The molecule has 0 aliphatic rings. The van der Waals surface area contributed by atoms with Gasteiger partial charge in [0.15, 0.2) is 5.65 Å². The van der Waals surface area contributed by atoms with Crippen molar-refractivity contribution in [3.8, 4) is 0 Å². The van der Waals surface area contributed by atoms with Crippen molar-refractivity contribution in [2.45, 2.75) is 46.1 Å². The van der Waals surface area contributed by atoms with E-state index in [0.717, 1.165) is 45.8 Å². The number of hydrogen-bond acceptors (Lipinski definition) is 5. The maximum absolute atomic E-state index is 14.7. The van der Waals surface area contributed by atoms with E-state index in [1.807, 2.05) is 19.1 Å². The Morgan fingerprint density at radius 3 is 2.53 bits per heavy atom. The lowest BCUT2D eigenvalue weighted by molar-refractivity contribution is 0.592. The molecule has 0 amide bonds. The maximum atomic E-state index is 14.7. The number of imidazole rings is 1. The fourth-order valence-electron chi connectivity index (χ4n) is 4.55. The van der Waals surface area contributed by atoms with Gasteiger partial charge in [0, 0.05) is 24.5 Å². The minimum atomic E-state index is -0.238. The van der Waals surface area contributed by atoms with Gasteiger partial charge in [0.05, 0.1) is 6.54 Å². The zero-order valence-electron chi connectivity index (χ0n) is 19.5. The molecule has 0 radical (unpaired) electrons. The number of hydrogen-bond donors (Lipinski definition) is 1. The number of tetrazole rings is 1. The molecule has 5 rings (SSSR count). The quantitative estimate of drug-likeness (QED) is 0.385. The highest BCUT2D eigenvalue weighted by Gasteiger charge is 2.20. The van der Waals surface area contributed by atoms with Crippen LogP contribution in [0.1, 0.15) is 52.4 Å². The van der Waals surface area contributed by atoms with Crippen LogP contribution in [0.25, 0.3) is 11.2 Å². The number of fused-ring (bicyclic) bond motifs is 1. The molecule has 34 heavy (non-hydrogen) atoms. The van der Waals surface area contributed by atoms with Crippen LogP contribution < -0.4 is 0 Å². The normalized spacial score (nSPS) is 12.4. The van der Waals surface area contributed by atoms with E-state index in [0.29, 0.717) is 24.4 Å². The SMILES string of the molecule is CCc1nc2c(C)cc(C)nc2n1Cc1ccc(C(Cc2nnn[nH]2)c2ccccc2F)cc1. The number of rotatable bonds is 7. The summed E-state index contributed by atoms with van der Waals surface area (Å²) in [5.41, 5.74) is 6.75. The first-order valence-electron chi connectivity index (χ1n) is 11.4. The van der Waals surface area contributed by atoms with Crippen LogP contribution in [0.2, 0.25) is 0 Å². The van der Waals surface area contributed by atoms with Gasteiger partial charge < -0.3 is 4.57 Å². The first-order chi connectivity index (χ1) is 16.5. The van der Waals surface area contributed by atoms with E-state index in [9.17, 15) is 4.39 Å². The summed E-state index contributed by atoms with van der Waals surface area (Å²) in [7, 11) is 0. The molecule has 172 valence electrons. The van der Waals surface area contributed by atoms with Crippen LogP contribution in [0, 0.1) is 19.7 Å². The van der Waals surface area contributed by atoms with Crippen molar-refractivity contribution < 1.29 is 4.39 Å². The predicted octanol–water partition coefficient (Wildman–Crippen LogP) is 4.69. The molecule has 1 N–H and O–H groups in total. The molecule has 2 aromatic carbocycles. The summed E-state index contributed by atoms with van der Waals surface area (Å²) in [6.45, 7) is 6.87. The van der Waals surface area contributed by atoms with Crippen LogP contribution in [-0.2, 0) is 19.4 Å². The van der Waals surface area contributed by atoms with Crippen LogP contribution in [0.5, 0.6) is 0 Å². The summed E-state index contributed by atoms with van der Waals surface area (Å²) >= 11 is 0. The molecule has 0 aliphatic carbocycles. The standard InChI is InChI=1S/C26H26FN7/c1-4-24-29-25-16(2)13-17(3)28-26(25)34(24)15-18-9-11-19(12-10-18)21(14-23-30-32-33-31-23)20-7-5-6-8-22(20)27/h5-13,21H,4,14-15H2,1-3H3,(H,30,31,32,33). The average molecular weight is 456 g/mol. The lowest BCUT2D eigenvalue weighted by atomic mass is 9.87. The van der Waals surface area contributed by atoms with Crippen LogP contribution >= 0.6 is 0 Å². The molecule has 1 atom stereocenters. The number of aromatic nitrogens is 7. The van der Waals surface area contributed by atoms with Gasteiger partial charge in [-0.05, 0) is 58.7 Å². The second kappa shape index (κ2) is 9.13. The number of benzene rings is 2. The summed E-state index contributed by atoms with van der Waals surface area (Å²) in [4.78, 5) is 9.62. The lowest BCUT2D eigenvalue weighted by Crippen LogP contribution is -2.09. The largest absolute Gasteiger partial charge is 0.308 e. The molecule has 0 fully saturated rings. The number of nitrogens with one attached hydrogen (secondary N) is 1. The van der Waals surface area contributed by atoms with Gasteiger partial charge in [-0.2, -0.15) is 0 Å². The molecule has 0 bridgehead atoms. The Balaban J connectivity index is 1.49. The van der Waals surface area contributed by atoms with Gasteiger partial charge in [0.2, 0.25) is 0 Å². The van der Waals surface area contributed by atoms with Crippen LogP contribution in [0.3, 0.4) is 0 Å². The molecule has 0 aliphatic heterocycles. The van der Waals surface area contributed by atoms with Gasteiger partial charge in [-0.3, -0.25) is 0 Å². The van der Waals surface area contributed by atoms with Crippen LogP contribution in [0.15, 0.2) is 54.6 Å². The molecule has 0 saturated heterocycles. The number of aryl methyl sites for hydroxylation is 3. The van der Waals surface area contributed by atoms with Gasteiger partial charge in [-0.15, -0.1) is 5.10 Å². The van der Waals surface area contributed by atoms with Gasteiger partial charge in [0.25, 0.3) is 0 Å². The van der Waals surface area contributed by atoms with Gasteiger partial charge in [-0.1, -0.05) is 49.4 Å². The first-order valence-corrected chi connectivity index (χ1v) is 11.4. The summed E-state index contributed by atoms with van der Waals surface area (Å²) in [6.07, 6.45) is 1.30. The van der Waals surface area contributed by atoms with Crippen LogP contribution in [0.4, 0.5) is 4.39 Å². The predicted molar refractivity (Wildman–Crippen MR) is 128 cm³/mol. The molecule has 7 nitrogen and oxygen atoms in total. The smallest absolute Gasteiger partial charge is 0.160 e. The second-order valence-electron chi connectivity index (χ2n) is 8.59. The molecule has 0 spiro atoms. The number of halogens is 1. The Hall–Kier alpha value is -3.94. The minimum absolute atomic E-state index is 0.211. The molecule has 5 aromatic rings. The molecular formula is C26H26FN7. The van der Waals surface area contributed by atoms with E-state index < -0.39 is 0 Å². The Morgan fingerprint density at radius 1 is 1.03 bits per heavy atom. The van der Waals surface area contributed by atoms with Crippen LogP contribution in [-0.4, -0.2) is 35.2 Å². The summed E-state index contributed by atoms with van der Waals surface area (Å²) in [6, 6.07) is 17.2. The Labute approximate surface area is 197 Å². The third kappa shape index (κ3) is 4.19. The molecule has 8 heteroatoms. The zero-order valence-corrected chi connectivity index (χ0v) is 19.5. The van der Waals surface area contributed by atoms with Crippen molar-refractivity contribution in [3.63, 3.8) is 0 Å². The van der Waals surface area contributed by atoms with E-state index >= 15 is 0 Å². The number of aromatic amines is 1. The Morgan fingerprint density at radius 2 is 1.82 bits per heavy atom. The monoisotopic (exact) mass is 455 g/mol. The molecule has 0 saturated carbocycles. The van der Waals surface area contributed by atoms with Crippen molar-refractivity contribution >= 4 is 11.2 Å². The second-order valence-corrected chi connectivity index (χ2v) is 8.59. The third-order valence-electron chi connectivity index (χ3n) is 6.21. The maximum Gasteiger partial charge on any atom is 0.160 e. The molecule has 3 heterocycles. The van der Waals surface area contributed by atoms with Gasteiger partial charge in [-0.25, -0.2) is 19.5 Å². The zero-order chi connectivity index (χ0) is 23.7. The lowest BCUT2D eigenvalue weighted by Gasteiger charge is -2.18. The van der Waals surface area contributed by atoms with Crippen molar-refractivity contribution in [1.29, 1.82) is 0 Å². The fraction of sp³-hybridized carbons (Fsp3) is 0.269. The van der Waals surface area contributed by atoms with Crippen molar-refractivity contribution in [1.82, 2.24) is 35.2 Å². The Bertz CT molecular complexity index is 1420. The fourth-order valence-corrected chi connectivity index (χ4v) is 4.55. The van der Waals surface area contributed by atoms with Crippen molar-refractivity contribution in [3.05, 3.63) is 100 Å². The van der Waals surface area contributed by atoms with Crippen molar-refractivity contribution in [2.24, 2.45) is 0 Å². The molecule has 3 aromatic heterocycles. The number of H-pyrrole nitrogens is 1. The average Bonchev–Trinajstić information content (AvgIpc) is 3.47. The van der Waals surface area contributed by atoms with E-state index in [1.165, 1.54) is 6.07 Å². The van der Waals surface area contributed by atoms with Gasteiger partial charge >= 0.3 is 0 Å². The van der Waals surface area contributed by atoms with E-state index in [2.05, 4.69) is 69.4 Å². The molecule has 1 unspecified atom stereocenters. The van der Waals surface area contributed by atoms with E-state index in [1.54, 1.807) is 6.07 Å². The van der Waals surface area contributed by atoms with Gasteiger partial charge in [0.1, 0.15) is 23.0 Å². The summed E-state index contributed by atoms with van der Waals surface area (Å²) in [5, 5.41) is 14.1. The number of nitrogens with zero attached hydrogens (tertiary/aromatic N) is 6. The Kier molecular flexibility index (Phi) is 5.88. The first kappa shape index (κ1) is 21.9. The minimum Gasteiger partial charge on any atom is -0.308 e. The highest BCUT2D eigenvalue weighted by Crippen LogP contribution is 2.30. The van der Waals surface area contributed by atoms with E-state index in [-0.39, 0.29) is 11.7 Å². The topological polar surface area (TPSA) is 85.2 Å². The highest BCUT2D eigenvalue weighted by atomic mass is 19.1. The highest BCUT2D eigenvalue weighted by molar-refractivity contribution is 5.76. The molecular weight excluding hydrogens is 429 g/mol. The number of pyridine rings is 1. The van der Waals surface area contributed by atoms with E-state index in [4.69, 9.17) is 9.97 Å².